The van der Waals surface area contributed by atoms with Crippen molar-refractivity contribution in [2.24, 2.45) is 13.0 Å². The minimum atomic E-state index is 0.566. The highest BCUT2D eigenvalue weighted by Crippen LogP contribution is 2.20. The Kier molecular flexibility index (Phi) is 2.32. The van der Waals surface area contributed by atoms with E-state index in [-0.39, 0.29) is 0 Å². The van der Waals surface area contributed by atoms with Crippen molar-refractivity contribution in [2.75, 3.05) is 0 Å². The predicted molar refractivity (Wildman–Crippen MR) is 46.5 cm³/mol. The van der Waals surface area contributed by atoms with Gasteiger partial charge in [-0.05, 0) is 12.0 Å². The highest BCUT2D eigenvalue weighted by molar-refractivity contribution is 5.05. The van der Waals surface area contributed by atoms with Crippen molar-refractivity contribution in [3.63, 3.8) is 0 Å². The molecule has 1 atom stereocenters. The van der Waals surface area contributed by atoms with Crippen LogP contribution in [-0.2, 0) is 7.05 Å². The van der Waals surface area contributed by atoms with E-state index >= 15 is 0 Å². The summed E-state index contributed by atoms with van der Waals surface area (Å²) >= 11 is 0. The number of aromatic nitrogens is 2. The quantitative estimate of drug-likeness (QED) is 0.635. The van der Waals surface area contributed by atoms with Crippen molar-refractivity contribution in [2.45, 2.75) is 26.7 Å². The van der Waals surface area contributed by atoms with Crippen molar-refractivity contribution in [1.29, 1.82) is 0 Å². The monoisotopic (exact) mass is 152 g/mol. The fourth-order valence-corrected chi connectivity index (χ4v) is 1.02. The molecule has 1 unspecified atom stereocenters. The standard InChI is InChI=1S/C9H16N2/c1-7(2)8(3)9-5-6-11(4)10-9/h5-8H,1-4H3. The Hall–Kier alpha value is -0.790. The van der Waals surface area contributed by atoms with Gasteiger partial charge in [-0.3, -0.25) is 4.68 Å². The summed E-state index contributed by atoms with van der Waals surface area (Å²) in [5, 5.41) is 4.35. The summed E-state index contributed by atoms with van der Waals surface area (Å²) in [5.41, 5.74) is 1.20. The number of rotatable bonds is 2. The normalized spacial score (nSPS) is 13.9. The molecule has 0 aromatic carbocycles. The molecule has 0 saturated heterocycles. The molecular formula is C9H16N2. The van der Waals surface area contributed by atoms with Crippen LogP contribution in [0.5, 0.6) is 0 Å². The lowest BCUT2D eigenvalue weighted by Crippen LogP contribution is -2.03. The molecule has 0 aliphatic rings. The summed E-state index contributed by atoms with van der Waals surface area (Å²) in [5.74, 6) is 1.24. The van der Waals surface area contributed by atoms with Gasteiger partial charge in [-0.25, -0.2) is 0 Å². The molecule has 1 aromatic heterocycles. The largest absolute Gasteiger partial charge is 0.276 e. The Bertz CT molecular complexity index is 225. The molecule has 0 aliphatic carbocycles. The number of nitrogens with zero attached hydrogens (tertiary/aromatic N) is 2. The van der Waals surface area contributed by atoms with Crippen LogP contribution in [0.1, 0.15) is 32.4 Å². The Morgan fingerprint density at radius 3 is 2.36 bits per heavy atom. The smallest absolute Gasteiger partial charge is 0.0655 e. The first-order chi connectivity index (χ1) is 5.11. The molecule has 0 N–H and O–H groups in total. The van der Waals surface area contributed by atoms with Crippen LogP contribution in [-0.4, -0.2) is 9.78 Å². The first kappa shape index (κ1) is 8.31. The van der Waals surface area contributed by atoms with Crippen LogP contribution in [0.15, 0.2) is 12.3 Å². The van der Waals surface area contributed by atoms with Crippen LogP contribution in [0.3, 0.4) is 0 Å². The zero-order valence-electron chi connectivity index (χ0n) is 7.70. The summed E-state index contributed by atoms with van der Waals surface area (Å²) < 4.78 is 1.86. The third-order valence-electron chi connectivity index (χ3n) is 2.20. The molecule has 62 valence electrons. The van der Waals surface area contributed by atoms with E-state index in [1.165, 1.54) is 5.69 Å². The van der Waals surface area contributed by atoms with Gasteiger partial charge in [0, 0.05) is 19.2 Å². The average Bonchev–Trinajstić information content (AvgIpc) is 2.34. The van der Waals surface area contributed by atoms with E-state index < -0.39 is 0 Å². The van der Waals surface area contributed by atoms with Gasteiger partial charge in [0.15, 0.2) is 0 Å². The van der Waals surface area contributed by atoms with Gasteiger partial charge >= 0.3 is 0 Å². The van der Waals surface area contributed by atoms with Gasteiger partial charge in [0.05, 0.1) is 5.69 Å². The number of hydrogen-bond donors (Lipinski definition) is 0. The fourth-order valence-electron chi connectivity index (χ4n) is 1.02. The Labute approximate surface area is 68.2 Å². The molecule has 2 nitrogen and oxygen atoms in total. The van der Waals surface area contributed by atoms with Crippen LogP contribution < -0.4 is 0 Å². The van der Waals surface area contributed by atoms with Gasteiger partial charge < -0.3 is 0 Å². The van der Waals surface area contributed by atoms with Crippen molar-refractivity contribution >= 4 is 0 Å². The second-order valence-corrected chi connectivity index (χ2v) is 3.45. The first-order valence-corrected chi connectivity index (χ1v) is 4.11. The zero-order valence-corrected chi connectivity index (χ0v) is 7.70. The summed E-state index contributed by atoms with van der Waals surface area (Å²) in [4.78, 5) is 0. The van der Waals surface area contributed by atoms with Gasteiger partial charge in [-0.2, -0.15) is 5.10 Å². The van der Waals surface area contributed by atoms with E-state index in [1.54, 1.807) is 0 Å². The Morgan fingerprint density at radius 2 is 2.00 bits per heavy atom. The third-order valence-corrected chi connectivity index (χ3v) is 2.20. The molecular weight excluding hydrogens is 136 g/mol. The van der Waals surface area contributed by atoms with Crippen molar-refractivity contribution in [3.8, 4) is 0 Å². The molecule has 2 heteroatoms. The lowest BCUT2D eigenvalue weighted by molar-refractivity contribution is 0.516. The Morgan fingerprint density at radius 1 is 1.36 bits per heavy atom. The first-order valence-electron chi connectivity index (χ1n) is 4.11. The molecule has 1 aromatic rings. The third kappa shape index (κ3) is 1.82. The van der Waals surface area contributed by atoms with Crippen LogP contribution >= 0.6 is 0 Å². The molecule has 1 heterocycles. The van der Waals surface area contributed by atoms with Gasteiger partial charge in [0.25, 0.3) is 0 Å². The maximum Gasteiger partial charge on any atom is 0.0655 e. The van der Waals surface area contributed by atoms with Gasteiger partial charge in [-0.1, -0.05) is 20.8 Å². The number of aryl methyl sites for hydroxylation is 1. The molecule has 0 amide bonds. The molecule has 0 radical (unpaired) electrons. The lowest BCUT2D eigenvalue weighted by Gasteiger charge is -2.11. The van der Waals surface area contributed by atoms with Crippen molar-refractivity contribution in [1.82, 2.24) is 9.78 Å². The molecule has 0 saturated carbocycles. The summed E-state index contributed by atoms with van der Waals surface area (Å²) in [6.07, 6.45) is 1.99. The zero-order chi connectivity index (χ0) is 8.43. The van der Waals surface area contributed by atoms with Crippen molar-refractivity contribution < 1.29 is 0 Å². The van der Waals surface area contributed by atoms with E-state index in [0.29, 0.717) is 11.8 Å². The molecule has 0 spiro atoms. The van der Waals surface area contributed by atoms with Gasteiger partial charge in [-0.15, -0.1) is 0 Å². The molecule has 11 heavy (non-hydrogen) atoms. The second kappa shape index (κ2) is 3.07. The molecule has 0 aliphatic heterocycles. The molecule has 1 rings (SSSR count). The van der Waals surface area contributed by atoms with E-state index in [9.17, 15) is 0 Å². The summed E-state index contributed by atoms with van der Waals surface area (Å²) in [6.45, 7) is 6.66. The minimum Gasteiger partial charge on any atom is -0.276 e. The van der Waals surface area contributed by atoms with Crippen LogP contribution in [0.4, 0.5) is 0 Å². The number of hydrogen-bond acceptors (Lipinski definition) is 1. The summed E-state index contributed by atoms with van der Waals surface area (Å²) in [7, 11) is 1.95. The van der Waals surface area contributed by atoms with Crippen molar-refractivity contribution in [3.05, 3.63) is 18.0 Å². The van der Waals surface area contributed by atoms with E-state index in [2.05, 4.69) is 31.9 Å². The second-order valence-electron chi connectivity index (χ2n) is 3.45. The van der Waals surface area contributed by atoms with Crippen LogP contribution in [0.2, 0.25) is 0 Å². The molecule has 0 fully saturated rings. The van der Waals surface area contributed by atoms with E-state index in [0.717, 1.165) is 0 Å². The van der Waals surface area contributed by atoms with Gasteiger partial charge in [0.1, 0.15) is 0 Å². The maximum atomic E-state index is 4.35. The highest BCUT2D eigenvalue weighted by atomic mass is 15.2. The molecule has 0 bridgehead atoms. The maximum absolute atomic E-state index is 4.35. The SMILES string of the molecule is CC(C)C(C)c1ccn(C)n1. The topological polar surface area (TPSA) is 17.8 Å². The predicted octanol–water partition coefficient (Wildman–Crippen LogP) is 2.18. The fraction of sp³-hybridized carbons (Fsp3) is 0.667. The van der Waals surface area contributed by atoms with E-state index in [4.69, 9.17) is 0 Å². The van der Waals surface area contributed by atoms with Gasteiger partial charge in [0.2, 0.25) is 0 Å². The Balaban J connectivity index is 2.76. The lowest BCUT2D eigenvalue weighted by atomic mass is 9.95. The highest BCUT2D eigenvalue weighted by Gasteiger charge is 2.11. The van der Waals surface area contributed by atoms with E-state index in [1.807, 2.05) is 17.9 Å². The average molecular weight is 152 g/mol. The van der Waals surface area contributed by atoms with Crippen LogP contribution in [0, 0.1) is 5.92 Å². The summed E-state index contributed by atoms with van der Waals surface area (Å²) in [6, 6.07) is 2.09. The minimum absolute atomic E-state index is 0.566. The van der Waals surface area contributed by atoms with Crippen LogP contribution in [0.25, 0.3) is 0 Å².